The van der Waals surface area contributed by atoms with Crippen molar-refractivity contribution in [2.24, 2.45) is 5.41 Å². The van der Waals surface area contributed by atoms with Crippen LogP contribution < -0.4 is 10.9 Å². The lowest BCUT2D eigenvalue weighted by atomic mass is 9.79. The number of rotatable bonds is 6. The van der Waals surface area contributed by atoms with E-state index in [4.69, 9.17) is 4.74 Å². The Morgan fingerprint density at radius 1 is 1.29 bits per heavy atom. The molecule has 0 aromatic heterocycles. The van der Waals surface area contributed by atoms with Gasteiger partial charge in [0.2, 0.25) is 0 Å². The van der Waals surface area contributed by atoms with Gasteiger partial charge >= 0.3 is 7.12 Å². The number of nitrogens with one attached hydrogen (secondary N) is 1. The lowest BCUT2D eigenvalue weighted by Crippen LogP contribution is -2.56. The second-order valence-corrected chi connectivity index (χ2v) is 8.81. The van der Waals surface area contributed by atoms with Crippen LogP contribution in [0.15, 0.2) is 47.2 Å². The highest BCUT2D eigenvalue weighted by molar-refractivity contribution is 6.58. The second-order valence-electron chi connectivity index (χ2n) is 8.81. The normalized spacial score (nSPS) is 15.2. The molecular weight excluding hydrogens is 395 g/mol. The fourth-order valence-corrected chi connectivity index (χ4v) is 3.95. The lowest BCUT2D eigenvalue weighted by Gasteiger charge is -2.40. The number of hydrogen-bond donors (Lipinski definition) is 3. The van der Waals surface area contributed by atoms with Crippen LogP contribution in [0, 0.1) is 5.41 Å². The lowest BCUT2D eigenvalue weighted by molar-refractivity contribution is -0.122. The molecule has 0 bridgehead atoms. The third-order valence-corrected chi connectivity index (χ3v) is 5.60. The average molecular weight is 428 g/mol. The van der Waals surface area contributed by atoms with Gasteiger partial charge in [-0.3, -0.25) is 15.0 Å². The minimum Gasteiger partial charge on any atom is -0.501 e. The number of carbonyl (C=O) groups excluding carboxylic acids is 2. The Morgan fingerprint density at radius 3 is 2.52 bits per heavy atom. The number of amides is 2. The van der Waals surface area contributed by atoms with E-state index in [2.05, 4.69) is 5.43 Å². The summed E-state index contributed by atoms with van der Waals surface area (Å²) in [6, 6.07) is 5.84. The van der Waals surface area contributed by atoms with Crippen LogP contribution in [0.2, 0.25) is 0 Å². The summed E-state index contributed by atoms with van der Waals surface area (Å²) in [7, 11) is -0.0989. The molecule has 0 fully saturated rings. The Balaban J connectivity index is 2.43. The molecule has 168 valence electrons. The fraction of sp³-hybridized carbons (Fsp3) is 0.478. The number of methoxy groups -OCH3 is 1. The van der Waals surface area contributed by atoms with Crippen LogP contribution in [0.25, 0.3) is 0 Å². The summed E-state index contributed by atoms with van der Waals surface area (Å²) in [4.78, 5) is 26.7. The largest absolute Gasteiger partial charge is 0.501 e. The highest BCUT2D eigenvalue weighted by Crippen LogP contribution is 2.29. The van der Waals surface area contributed by atoms with Crippen molar-refractivity contribution in [2.45, 2.75) is 59.9 Å². The summed E-state index contributed by atoms with van der Waals surface area (Å²) >= 11 is 0. The van der Waals surface area contributed by atoms with E-state index >= 15 is 0 Å². The van der Waals surface area contributed by atoms with Gasteiger partial charge in [0.25, 0.3) is 11.8 Å². The maximum Gasteiger partial charge on any atom is 0.488 e. The molecule has 0 radical (unpaired) electrons. The number of nitrogens with zero attached hydrogens (tertiary/aromatic N) is 1. The minimum absolute atomic E-state index is 0.208. The molecule has 3 N–H and O–H groups in total. The summed E-state index contributed by atoms with van der Waals surface area (Å²) in [6.45, 7) is 9.83. The number of allylic oxidation sites excluding steroid dienone is 2. The molecule has 7 nitrogen and oxygen atoms in total. The van der Waals surface area contributed by atoms with E-state index in [1.54, 1.807) is 19.2 Å². The van der Waals surface area contributed by atoms with Crippen molar-refractivity contribution < 1.29 is 24.4 Å². The van der Waals surface area contributed by atoms with E-state index in [9.17, 15) is 19.6 Å². The molecule has 1 aliphatic carbocycles. The molecule has 0 saturated carbocycles. The molecule has 0 aliphatic heterocycles. The van der Waals surface area contributed by atoms with Crippen molar-refractivity contribution in [3.63, 3.8) is 0 Å². The Morgan fingerprint density at radius 2 is 1.97 bits per heavy atom. The SMILES string of the molecule is CCC(N(NC(=O)C1=CCCC(OC)=C1C)C(=O)c1cccc(B(O)O)c1)C(C)(C)C. The first kappa shape index (κ1) is 24.7. The van der Waals surface area contributed by atoms with Crippen molar-refractivity contribution in [3.05, 3.63) is 52.8 Å². The molecule has 2 amide bonds. The van der Waals surface area contributed by atoms with Crippen LogP contribution >= 0.6 is 0 Å². The van der Waals surface area contributed by atoms with Gasteiger partial charge in [-0.15, -0.1) is 0 Å². The molecular formula is C23H33BN2O5. The van der Waals surface area contributed by atoms with Crippen LogP contribution in [0.3, 0.4) is 0 Å². The van der Waals surface area contributed by atoms with E-state index in [0.29, 0.717) is 18.4 Å². The van der Waals surface area contributed by atoms with Crippen molar-refractivity contribution >= 4 is 24.4 Å². The third kappa shape index (κ3) is 5.77. The predicted octanol–water partition coefficient (Wildman–Crippen LogP) is 2.31. The highest BCUT2D eigenvalue weighted by atomic mass is 16.5. The van der Waals surface area contributed by atoms with Gasteiger partial charge in [0.15, 0.2) is 0 Å². The van der Waals surface area contributed by atoms with Gasteiger partial charge in [0.1, 0.15) is 0 Å². The van der Waals surface area contributed by atoms with Crippen molar-refractivity contribution in [2.75, 3.05) is 7.11 Å². The number of hydrazine groups is 1. The summed E-state index contributed by atoms with van der Waals surface area (Å²) in [5, 5.41) is 20.3. The molecule has 1 unspecified atom stereocenters. The van der Waals surface area contributed by atoms with Crippen molar-refractivity contribution in [3.8, 4) is 0 Å². The maximum atomic E-state index is 13.5. The van der Waals surface area contributed by atoms with Crippen LogP contribution in [0.1, 0.15) is 64.2 Å². The van der Waals surface area contributed by atoms with Crippen molar-refractivity contribution in [1.29, 1.82) is 0 Å². The quantitative estimate of drug-likeness (QED) is 0.477. The van der Waals surface area contributed by atoms with E-state index in [0.717, 1.165) is 17.8 Å². The molecule has 0 heterocycles. The van der Waals surface area contributed by atoms with Gasteiger partial charge in [0.05, 0.1) is 18.9 Å². The molecule has 1 atom stereocenters. The summed E-state index contributed by atoms with van der Waals surface area (Å²) in [6.07, 6.45) is 3.90. The molecule has 1 aliphatic rings. The molecule has 1 aromatic carbocycles. The molecule has 31 heavy (non-hydrogen) atoms. The third-order valence-electron chi connectivity index (χ3n) is 5.60. The first-order valence-electron chi connectivity index (χ1n) is 10.6. The molecule has 2 rings (SSSR count). The van der Waals surface area contributed by atoms with E-state index in [1.165, 1.54) is 17.1 Å². The molecule has 0 saturated heterocycles. The number of hydrogen-bond acceptors (Lipinski definition) is 5. The summed E-state index contributed by atoms with van der Waals surface area (Å²) < 4.78 is 5.39. The monoisotopic (exact) mass is 428 g/mol. The summed E-state index contributed by atoms with van der Waals surface area (Å²) in [5.41, 5.74) is 4.23. The second kappa shape index (κ2) is 10.2. The zero-order valence-corrected chi connectivity index (χ0v) is 19.2. The molecule has 1 aromatic rings. The predicted molar refractivity (Wildman–Crippen MR) is 121 cm³/mol. The Labute approximate surface area is 184 Å². The van der Waals surface area contributed by atoms with E-state index in [1.807, 2.05) is 40.7 Å². The van der Waals surface area contributed by atoms with Gasteiger partial charge in [0, 0.05) is 17.6 Å². The zero-order chi connectivity index (χ0) is 23.3. The molecule has 8 heteroatoms. The number of benzene rings is 1. The van der Waals surface area contributed by atoms with Crippen LogP contribution in [-0.4, -0.2) is 47.1 Å². The first-order valence-corrected chi connectivity index (χ1v) is 10.6. The fourth-order valence-electron chi connectivity index (χ4n) is 3.95. The van der Waals surface area contributed by atoms with Crippen molar-refractivity contribution in [1.82, 2.24) is 10.4 Å². The van der Waals surface area contributed by atoms with E-state index < -0.39 is 13.0 Å². The Hall–Kier alpha value is -2.58. The summed E-state index contributed by atoms with van der Waals surface area (Å²) in [5.74, 6) is -0.0261. The number of ether oxygens (including phenoxy) is 1. The molecule has 0 spiro atoms. The van der Waals surface area contributed by atoms with Crippen LogP contribution in [0.4, 0.5) is 0 Å². The van der Waals surface area contributed by atoms with Gasteiger partial charge in [-0.25, -0.2) is 5.01 Å². The highest BCUT2D eigenvalue weighted by Gasteiger charge is 2.35. The van der Waals surface area contributed by atoms with Gasteiger partial charge in [-0.05, 0) is 48.3 Å². The Bertz CT molecular complexity index is 886. The van der Waals surface area contributed by atoms with Gasteiger partial charge in [-0.2, -0.15) is 0 Å². The standard InChI is InChI=1S/C23H33BN2O5/c1-7-20(23(3,4)5)26(22(28)16-10-8-11-17(14-16)24(29)30)25-21(27)18-12-9-13-19(31-6)15(18)2/h8,10-12,14,20,29-30H,7,9,13H2,1-6H3,(H,25,27). The van der Waals surface area contributed by atoms with Gasteiger partial charge in [-0.1, -0.05) is 45.9 Å². The minimum atomic E-state index is -1.69. The van der Waals surface area contributed by atoms with E-state index in [-0.39, 0.29) is 28.4 Å². The zero-order valence-electron chi connectivity index (χ0n) is 19.2. The van der Waals surface area contributed by atoms with Crippen LogP contribution in [0.5, 0.6) is 0 Å². The van der Waals surface area contributed by atoms with Crippen LogP contribution in [-0.2, 0) is 9.53 Å². The average Bonchev–Trinajstić information content (AvgIpc) is 2.72. The maximum absolute atomic E-state index is 13.5. The van der Waals surface area contributed by atoms with Gasteiger partial charge < -0.3 is 14.8 Å². The topological polar surface area (TPSA) is 99.1 Å². The Kier molecular flexibility index (Phi) is 8.09. The first-order chi connectivity index (χ1) is 14.5. The smallest absolute Gasteiger partial charge is 0.488 e. The number of carbonyl (C=O) groups is 2.